The zero-order valence-electron chi connectivity index (χ0n) is 6.08. The van der Waals surface area contributed by atoms with Gasteiger partial charge in [0, 0.05) is 0 Å². The molecule has 0 saturated carbocycles. The molecule has 1 atom stereocenters. The molecular formula is C8H9BrO2. The number of aliphatic hydroxyl groups is 1. The number of halogens is 1. The Morgan fingerprint density at radius 1 is 1.45 bits per heavy atom. The van der Waals surface area contributed by atoms with E-state index in [1.54, 1.807) is 25.1 Å². The van der Waals surface area contributed by atoms with Gasteiger partial charge in [-0.05, 0) is 34.5 Å². The molecular weight excluding hydrogens is 208 g/mol. The molecule has 1 aromatic rings. The minimum atomic E-state index is -0.559. The van der Waals surface area contributed by atoms with Gasteiger partial charge in [-0.3, -0.25) is 0 Å². The van der Waals surface area contributed by atoms with E-state index in [0.717, 1.165) is 0 Å². The molecule has 1 unspecified atom stereocenters. The molecule has 3 heteroatoms. The quantitative estimate of drug-likeness (QED) is 0.756. The zero-order valence-corrected chi connectivity index (χ0v) is 7.67. The SMILES string of the molecule is CC(O)c1cccc(O)c1Br. The van der Waals surface area contributed by atoms with Crippen molar-refractivity contribution in [3.8, 4) is 5.75 Å². The van der Waals surface area contributed by atoms with Crippen LogP contribution in [0.2, 0.25) is 0 Å². The number of phenolic OH excluding ortho intramolecular Hbond substituents is 1. The van der Waals surface area contributed by atoms with Gasteiger partial charge >= 0.3 is 0 Å². The third-order valence-corrected chi connectivity index (χ3v) is 2.32. The Hall–Kier alpha value is -0.540. The first-order valence-corrected chi connectivity index (χ1v) is 4.07. The Kier molecular flexibility index (Phi) is 2.52. The molecule has 2 N–H and O–H groups in total. The molecule has 0 radical (unpaired) electrons. The number of phenols is 1. The number of benzene rings is 1. The van der Waals surface area contributed by atoms with Gasteiger partial charge in [-0.25, -0.2) is 0 Å². The van der Waals surface area contributed by atoms with E-state index in [0.29, 0.717) is 10.0 Å². The highest BCUT2D eigenvalue weighted by Gasteiger charge is 2.07. The second-order valence-corrected chi connectivity index (χ2v) is 3.15. The van der Waals surface area contributed by atoms with Crippen molar-refractivity contribution < 1.29 is 10.2 Å². The second-order valence-electron chi connectivity index (χ2n) is 2.36. The highest BCUT2D eigenvalue weighted by molar-refractivity contribution is 9.10. The van der Waals surface area contributed by atoms with Crippen LogP contribution >= 0.6 is 15.9 Å². The number of rotatable bonds is 1. The van der Waals surface area contributed by atoms with Crippen molar-refractivity contribution in [3.05, 3.63) is 28.2 Å². The molecule has 2 nitrogen and oxygen atoms in total. The summed E-state index contributed by atoms with van der Waals surface area (Å²) in [7, 11) is 0. The molecule has 0 amide bonds. The van der Waals surface area contributed by atoms with Crippen LogP contribution in [0, 0.1) is 0 Å². The lowest BCUT2D eigenvalue weighted by atomic mass is 10.1. The Morgan fingerprint density at radius 3 is 2.55 bits per heavy atom. The molecule has 1 aromatic carbocycles. The van der Waals surface area contributed by atoms with Crippen LogP contribution in [0.4, 0.5) is 0 Å². The van der Waals surface area contributed by atoms with E-state index in [2.05, 4.69) is 15.9 Å². The summed E-state index contributed by atoms with van der Waals surface area (Å²) in [5.41, 5.74) is 0.699. The van der Waals surface area contributed by atoms with Gasteiger partial charge in [0.1, 0.15) is 5.75 Å². The van der Waals surface area contributed by atoms with Gasteiger partial charge in [-0.15, -0.1) is 0 Å². The summed E-state index contributed by atoms with van der Waals surface area (Å²) in [6.45, 7) is 1.65. The fraction of sp³-hybridized carbons (Fsp3) is 0.250. The van der Waals surface area contributed by atoms with Gasteiger partial charge in [0.25, 0.3) is 0 Å². The summed E-state index contributed by atoms with van der Waals surface area (Å²) in [5.74, 6) is 0.156. The monoisotopic (exact) mass is 216 g/mol. The van der Waals surface area contributed by atoms with Crippen molar-refractivity contribution >= 4 is 15.9 Å². The second kappa shape index (κ2) is 3.24. The zero-order chi connectivity index (χ0) is 8.43. The van der Waals surface area contributed by atoms with Crippen molar-refractivity contribution in [2.45, 2.75) is 13.0 Å². The molecule has 60 valence electrons. The van der Waals surface area contributed by atoms with Crippen molar-refractivity contribution in [2.75, 3.05) is 0 Å². The Balaban J connectivity index is 3.17. The molecule has 0 aliphatic heterocycles. The highest BCUT2D eigenvalue weighted by atomic mass is 79.9. The number of hydrogen-bond donors (Lipinski definition) is 2. The third kappa shape index (κ3) is 1.73. The lowest BCUT2D eigenvalue weighted by Crippen LogP contribution is -1.91. The smallest absolute Gasteiger partial charge is 0.130 e. The predicted octanol–water partition coefficient (Wildman–Crippen LogP) is 2.21. The summed E-state index contributed by atoms with van der Waals surface area (Å²) in [6.07, 6.45) is -0.559. The van der Waals surface area contributed by atoms with E-state index in [4.69, 9.17) is 0 Å². The number of aromatic hydroxyl groups is 1. The maximum Gasteiger partial charge on any atom is 0.130 e. The largest absolute Gasteiger partial charge is 0.507 e. The summed E-state index contributed by atoms with van der Waals surface area (Å²) in [6, 6.07) is 5.02. The third-order valence-electron chi connectivity index (χ3n) is 1.46. The molecule has 0 heterocycles. The van der Waals surface area contributed by atoms with Crippen LogP contribution in [0.1, 0.15) is 18.6 Å². The molecule has 0 aliphatic carbocycles. The average Bonchev–Trinajstić information content (AvgIpc) is 1.94. The standard InChI is InChI=1S/C8H9BrO2/c1-5(10)6-3-2-4-7(11)8(6)9/h2-5,10-11H,1H3. The lowest BCUT2D eigenvalue weighted by molar-refractivity contribution is 0.198. The molecule has 0 saturated heterocycles. The first-order valence-electron chi connectivity index (χ1n) is 3.28. The predicted molar refractivity (Wildman–Crippen MR) is 46.4 cm³/mol. The van der Waals surface area contributed by atoms with Gasteiger partial charge in [0.2, 0.25) is 0 Å². The summed E-state index contributed by atoms with van der Waals surface area (Å²) in [5, 5.41) is 18.4. The van der Waals surface area contributed by atoms with Crippen molar-refractivity contribution in [1.82, 2.24) is 0 Å². The van der Waals surface area contributed by atoms with E-state index in [9.17, 15) is 10.2 Å². The van der Waals surface area contributed by atoms with Crippen LogP contribution in [0.3, 0.4) is 0 Å². The Morgan fingerprint density at radius 2 is 2.09 bits per heavy atom. The topological polar surface area (TPSA) is 40.5 Å². The van der Waals surface area contributed by atoms with Crippen LogP contribution < -0.4 is 0 Å². The van der Waals surface area contributed by atoms with E-state index in [-0.39, 0.29) is 5.75 Å². The van der Waals surface area contributed by atoms with Crippen molar-refractivity contribution in [2.24, 2.45) is 0 Å². The Bertz CT molecular complexity index is 258. The van der Waals surface area contributed by atoms with Crippen LogP contribution in [-0.2, 0) is 0 Å². The van der Waals surface area contributed by atoms with Crippen LogP contribution in [0.5, 0.6) is 5.75 Å². The van der Waals surface area contributed by atoms with Crippen LogP contribution in [-0.4, -0.2) is 10.2 Å². The molecule has 1 rings (SSSR count). The summed E-state index contributed by atoms with van der Waals surface area (Å²) < 4.78 is 0.565. The number of hydrogen-bond acceptors (Lipinski definition) is 2. The summed E-state index contributed by atoms with van der Waals surface area (Å²) in [4.78, 5) is 0. The normalized spacial score (nSPS) is 13.0. The Labute approximate surface area is 73.6 Å². The van der Waals surface area contributed by atoms with Gasteiger partial charge in [-0.1, -0.05) is 12.1 Å². The molecule has 0 fully saturated rings. The fourth-order valence-corrected chi connectivity index (χ4v) is 1.46. The minimum absolute atomic E-state index is 0.156. The average molecular weight is 217 g/mol. The first-order chi connectivity index (χ1) is 5.13. The molecule has 0 aromatic heterocycles. The van der Waals surface area contributed by atoms with Crippen LogP contribution in [0.25, 0.3) is 0 Å². The number of aliphatic hydroxyl groups excluding tert-OH is 1. The van der Waals surface area contributed by atoms with Crippen molar-refractivity contribution in [1.29, 1.82) is 0 Å². The molecule has 0 aliphatic rings. The molecule has 0 bridgehead atoms. The van der Waals surface area contributed by atoms with Gasteiger partial charge in [0.15, 0.2) is 0 Å². The van der Waals surface area contributed by atoms with E-state index in [1.807, 2.05) is 0 Å². The van der Waals surface area contributed by atoms with Gasteiger partial charge in [0.05, 0.1) is 10.6 Å². The van der Waals surface area contributed by atoms with E-state index < -0.39 is 6.10 Å². The molecule has 0 spiro atoms. The maximum absolute atomic E-state index is 9.19. The van der Waals surface area contributed by atoms with Gasteiger partial charge in [-0.2, -0.15) is 0 Å². The van der Waals surface area contributed by atoms with E-state index in [1.165, 1.54) is 0 Å². The first kappa shape index (κ1) is 8.56. The summed E-state index contributed by atoms with van der Waals surface area (Å²) >= 11 is 3.17. The molecule has 11 heavy (non-hydrogen) atoms. The van der Waals surface area contributed by atoms with Gasteiger partial charge < -0.3 is 10.2 Å². The van der Waals surface area contributed by atoms with Crippen LogP contribution in [0.15, 0.2) is 22.7 Å². The van der Waals surface area contributed by atoms with E-state index >= 15 is 0 Å². The van der Waals surface area contributed by atoms with Crippen molar-refractivity contribution in [3.63, 3.8) is 0 Å². The lowest BCUT2D eigenvalue weighted by Gasteiger charge is -2.07. The minimum Gasteiger partial charge on any atom is -0.507 e. The fourth-order valence-electron chi connectivity index (χ4n) is 0.860. The maximum atomic E-state index is 9.19. The highest BCUT2D eigenvalue weighted by Crippen LogP contribution is 2.30.